The summed E-state index contributed by atoms with van der Waals surface area (Å²) < 4.78 is 62.1. The molecule has 5 nitrogen and oxygen atoms in total. The van der Waals surface area contributed by atoms with Crippen molar-refractivity contribution in [1.82, 2.24) is 15.2 Å². The molecule has 0 bridgehead atoms. The Morgan fingerprint density at radius 1 is 1.57 bits per heavy atom. The predicted octanol–water partition coefficient (Wildman–Crippen LogP) is 1.92. The number of carbonyl (C=O) groups excluding carboxylic acids is 1. The van der Waals surface area contributed by atoms with Gasteiger partial charge < -0.3 is 19.9 Å². The van der Waals surface area contributed by atoms with Crippen LogP contribution in [0.2, 0.25) is 0 Å². The molecule has 5 heteroatoms. The first-order chi connectivity index (χ1) is 12.9. The lowest BCUT2D eigenvalue weighted by molar-refractivity contribution is 0.177. The molecule has 21 heavy (non-hydrogen) atoms. The zero-order valence-corrected chi connectivity index (χ0v) is 11.8. The van der Waals surface area contributed by atoms with Gasteiger partial charge in [-0.05, 0) is 50.1 Å². The van der Waals surface area contributed by atoms with Crippen molar-refractivity contribution in [2.24, 2.45) is 0 Å². The fraction of sp³-hybridized carbons (Fsp3) is 0.438. The van der Waals surface area contributed by atoms with E-state index in [1.807, 2.05) is 19.0 Å². The lowest BCUT2D eigenvalue weighted by atomic mass is 10.0. The van der Waals surface area contributed by atoms with Crippen LogP contribution in [0, 0.1) is 0 Å². The molecule has 1 aliphatic rings. The van der Waals surface area contributed by atoms with E-state index >= 15 is 0 Å². The van der Waals surface area contributed by atoms with E-state index in [2.05, 4.69) is 15.0 Å². The largest absolute Gasteiger partial charge is 0.447 e. The minimum absolute atomic E-state index is 0.262. The number of benzene rings is 1. The first-order valence-corrected chi connectivity index (χ1v) is 6.62. The van der Waals surface area contributed by atoms with Gasteiger partial charge in [-0.1, -0.05) is 6.04 Å². The summed E-state index contributed by atoms with van der Waals surface area (Å²) in [6, 6.07) is -2.87. The molecule has 1 fully saturated rings. The van der Waals surface area contributed by atoms with Gasteiger partial charge in [-0.25, -0.2) is 4.79 Å². The third-order valence-electron chi connectivity index (χ3n) is 3.17. The second-order valence-corrected chi connectivity index (χ2v) is 5.10. The number of ether oxygens (including phenoxy) is 1. The molecule has 1 aromatic carbocycles. The summed E-state index contributed by atoms with van der Waals surface area (Å²) in [4.78, 5) is 16.3. The number of hydrogen-bond donors (Lipinski definition) is 2. The van der Waals surface area contributed by atoms with Crippen LogP contribution < -0.4 is 5.32 Å². The predicted molar refractivity (Wildman–Crippen MR) is 82.5 cm³/mol. The third-order valence-corrected chi connectivity index (χ3v) is 3.17. The third kappa shape index (κ3) is 3.19. The van der Waals surface area contributed by atoms with Crippen molar-refractivity contribution in [3.05, 3.63) is 35.5 Å². The minimum atomic E-state index is -2.66. The van der Waals surface area contributed by atoms with E-state index in [4.69, 9.17) is 9.60 Å². The van der Waals surface area contributed by atoms with Gasteiger partial charge in [0.05, 0.1) is 12.9 Å². The number of rotatable bonds is 5. The van der Waals surface area contributed by atoms with E-state index in [0.29, 0.717) is 23.9 Å². The quantitative estimate of drug-likeness (QED) is 0.886. The van der Waals surface area contributed by atoms with E-state index in [-0.39, 0.29) is 17.6 Å². The summed E-state index contributed by atoms with van der Waals surface area (Å²) in [5.74, 6) is 0. The van der Waals surface area contributed by atoms with Crippen LogP contribution in [0.1, 0.15) is 20.7 Å². The summed E-state index contributed by atoms with van der Waals surface area (Å²) in [6.07, 6.45) is -1.58. The van der Waals surface area contributed by atoms with E-state index in [0.717, 1.165) is 0 Å². The van der Waals surface area contributed by atoms with Crippen molar-refractivity contribution in [3.63, 3.8) is 0 Å². The first-order valence-electron chi connectivity index (χ1n) is 10.1. The monoisotopic (exact) mass is 294 g/mol. The highest BCUT2D eigenvalue weighted by atomic mass is 16.6. The zero-order chi connectivity index (χ0) is 21.0. The number of aromatic nitrogens is 1. The molecule has 2 aromatic rings. The molecule has 0 spiro atoms. The standard InChI is InChI=1S/C16H21N3O2/c1-19(2)6-5-12-9-17-15-4-3-11(8-14(12)15)7-13-10-21-16(20)18-13/h3-4,8-9,13,17H,5-7,10H2,1-2H3,(H,18,20)/t13-/m0/s1/i3D,4D,7D2,8D,10D2. The number of hydrogen-bond acceptors (Lipinski definition) is 3. The number of cyclic esters (lactones) is 1. The normalized spacial score (nSPS) is 26.1. The SMILES string of the molecule is [2H]c1c(C([2H])([2H])[C@@H]2NC(=O)OC2([2H])[2H])c([2H])c2c(CCN(C)C)c[nH]c2c1[2H]. The summed E-state index contributed by atoms with van der Waals surface area (Å²) in [5, 5.41) is 2.43. The maximum atomic E-state index is 11.5. The van der Waals surface area contributed by atoms with Gasteiger partial charge in [-0.2, -0.15) is 0 Å². The molecular weight excluding hydrogens is 266 g/mol. The van der Waals surface area contributed by atoms with Crippen LogP contribution in [-0.2, 0) is 17.5 Å². The molecular formula is C16H21N3O2. The number of likely N-dealkylation sites (N-methyl/N-ethyl adjacent to an activating group) is 1. The van der Waals surface area contributed by atoms with Crippen molar-refractivity contribution >= 4 is 17.0 Å². The van der Waals surface area contributed by atoms with Gasteiger partial charge >= 0.3 is 6.09 Å². The molecule has 1 aliphatic heterocycles. The first kappa shape index (κ1) is 7.84. The van der Waals surface area contributed by atoms with Gasteiger partial charge in [-0.15, -0.1) is 0 Å². The molecule has 0 unspecified atom stereocenters. The maximum Gasteiger partial charge on any atom is 0.407 e. The molecule has 1 saturated heterocycles. The van der Waals surface area contributed by atoms with Crippen LogP contribution in [0.25, 0.3) is 10.9 Å². The fourth-order valence-electron chi connectivity index (χ4n) is 2.10. The van der Waals surface area contributed by atoms with Crippen LogP contribution in [0.15, 0.2) is 24.3 Å². The Labute approximate surface area is 134 Å². The fourth-order valence-corrected chi connectivity index (χ4v) is 2.10. The molecule has 1 atom stereocenters. The van der Waals surface area contributed by atoms with Crippen LogP contribution in [-0.4, -0.2) is 49.2 Å². The molecule has 0 aliphatic carbocycles. The second-order valence-electron chi connectivity index (χ2n) is 5.10. The molecule has 0 saturated carbocycles. The van der Waals surface area contributed by atoms with Crippen LogP contribution in [0.4, 0.5) is 4.79 Å². The summed E-state index contributed by atoms with van der Waals surface area (Å²) in [5.41, 5.74) is 0.516. The summed E-state index contributed by atoms with van der Waals surface area (Å²) in [7, 11) is 3.78. The van der Waals surface area contributed by atoms with Crippen LogP contribution in [0.5, 0.6) is 0 Å². The highest BCUT2D eigenvalue weighted by Gasteiger charge is 2.22. The topological polar surface area (TPSA) is 57.4 Å². The summed E-state index contributed by atoms with van der Waals surface area (Å²) >= 11 is 0. The van der Waals surface area contributed by atoms with E-state index < -0.39 is 36.7 Å². The Kier molecular flexibility index (Phi) is 2.16. The average Bonchev–Trinajstić information content (AvgIpc) is 3.11. The highest BCUT2D eigenvalue weighted by molar-refractivity contribution is 5.84. The van der Waals surface area contributed by atoms with Crippen molar-refractivity contribution < 1.29 is 19.1 Å². The van der Waals surface area contributed by atoms with E-state index in [9.17, 15) is 4.79 Å². The van der Waals surface area contributed by atoms with Crippen molar-refractivity contribution in [2.75, 3.05) is 27.2 Å². The number of alkyl carbamates (subject to hydrolysis) is 1. The van der Waals surface area contributed by atoms with Crippen LogP contribution in [0.3, 0.4) is 0 Å². The van der Waals surface area contributed by atoms with Crippen molar-refractivity contribution in [3.8, 4) is 0 Å². The van der Waals surface area contributed by atoms with E-state index in [1.165, 1.54) is 0 Å². The Morgan fingerprint density at radius 2 is 2.43 bits per heavy atom. The molecule has 2 heterocycles. The van der Waals surface area contributed by atoms with Gasteiger partial charge in [0.2, 0.25) is 0 Å². The number of carbonyl (C=O) groups is 1. The van der Waals surface area contributed by atoms with Crippen molar-refractivity contribution in [1.29, 1.82) is 0 Å². The van der Waals surface area contributed by atoms with Gasteiger partial charge in [0.15, 0.2) is 0 Å². The zero-order valence-electron chi connectivity index (χ0n) is 18.8. The Hall–Kier alpha value is -2.01. The smallest absolute Gasteiger partial charge is 0.407 e. The summed E-state index contributed by atoms with van der Waals surface area (Å²) in [6.45, 7) is -2.00. The number of nitrogens with one attached hydrogen (secondary N) is 2. The molecule has 1 amide bonds. The minimum Gasteiger partial charge on any atom is -0.447 e. The Morgan fingerprint density at radius 3 is 3.14 bits per heavy atom. The number of H-pyrrole nitrogens is 1. The second kappa shape index (κ2) is 5.77. The van der Waals surface area contributed by atoms with Crippen molar-refractivity contribution in [2.45, 2.75) is 18.8 Å². The van der Waals surface area contributed by atoms with Gasteiger partial charge in [-0.3, -0.25) is 0 Å². The number of fused-ring (bicyclic) bond motifs is 1. The van der Waals surface area contributed by atoms with Gasteiger partial charge in [0, 0.05) is 26.4 Å². The van der Waals surface area contributed by atoms with Crippen LogP contribution >= 0.6 is 0 Å². The van der Waals surface area contributed by atoms with Gasteiger partial charge in [0.25, 0.3) is 0 Å². The Bertz CT molecular complexity index is 942. The number of nitrogens with zero attached hydrogens (tertiary/aromatic N) is 1. The number of amides is 1. The molecule has 0 radical (unpaired) electrons. The lowest BCUT2D eigenvalue weighted by Gasteiger charge is -2.09. The van der Waals surface area contributed by atoms with Gasteiger partial charge in [0.1, 0.15) is 6.56 Å². The lowest BCUT2D eigenvalue weighted by Crippen LogP contribution is -2.28. The molecule has 1 aromatic heterocycles. The molecule has 2 N–H and O–H groups in total. The number of aromatic amines is 1. The Balaban J connectivity index is 2.20. The average molecular weight is 294 g/mol. The molecule has 112 valence electrons. The molecule has 3 rings (SSSR count). The van der Waals surface area contributed by atoms with E-state index in [1.54, 1.807) is 6.20 Å². The maximum absolute atomic E-state index is 11.5. The highest BCUT2D eigenvalue weighted by Crippen LogP contribution is 2.21.